The van der Waals surface area contributed by atoms with Gasteiger partial charge in [0.05, 0.1) is 17.8 Å². The molecule has 2 aromatic carbocycles. The highest BCUT2D eigenvalue weighted by Crippen LogP contribution is 2.21. The van der Waals surface area contributed by atoms with Crippen LogP contribution in [0.1, 0.15) is 21.5 Å². The quantitative estimate of drug-likeness (QED) is 0.655. The topological polar surface area (TPSA) is 69.5 Å². The van der Waals surface area contributed by atoms with Crippen LogP contribution in [0.25, 0.3) is 0 Å². The van der Waals surface area contributed by atoms with Crippen molar-refractivity contribution in [2.75, 3.05) is 26.2 Å². The number of ether oxygens (including phenoxy) is 1. The lowest BCUT2D eigenvalue weighted by molar-refractivity contribution is 0.0628. The summed E-state index contributed by atoms with van der Waals surface area (Å²) in [5.74, 6) is 1.38. The predicted octanol–water partition coefficient (Wildman–Crippen LogP) is 3.70. The maximum atomic E-state index is 12.8. The van der Waals surface area contributed by atoms with Crippen LogP contribution in [0.3, 0.4) is 0 Å². The number of benzene rings is 2. The van der Waals surface area contributed by atoms with E-state index in [9.17, 15) is 4.79 Å². The first-order chi connectivity index (χ1) is 14.7. The van der Waals surface area contributed by atoms with E-state index in [-0.39, 0.29) is 5.91 Å². The molecule has 0 saturated carbocycles. The number of amides is 1. The summed E-state index contributed by atoms with van der Waals surface area (Å²) < 4.78 is 5.73. The number of aromatic nitrogens is 1. The van der Waals surface area contributed by atoms with Gasteiger partial charge in [-0.05, 0) is 54.1 Å². The summed E-state index contributed by atoms with van der Waals surface area (Å²) in [6.45, 7) is 3.88. The van der Waals surface area contributed by atoms with Crippen LogP contribution in [0.15, 0.2) is 73.1 Å². The molecule has 0 unspecified atom stereocenters. The highest BCUT2D eigenvalue weighted by atomic mass is 16.5. The normalized spacial score (nSPS) is 14.2. The summed E-state index contributed by atoms with van der Waals surface area (Å²) in [6.07, 6.45) is 3.34. The van der Waals surface area contributed by atoms with Gasteiger partial charge >= 0.3 is 0 Å². The van der Waals surface area contributed by atoms with Gasteiger partial charge in [0, 0.05) is 44.5 Å². The minimum Gasteiger partial charge on any atom is -0.456 e. The van der Waals surface area contributed by atoms with Crippen molar-refractivity contribution in [3.63, 3.8) is 0 Å². The third kappa shape index (κ3) is 4.83. The van der Waals surface area contributed by atoms with Crippen molar-refractivity contribution in [2.45, 2.75) is 6.54 Å². The summed E-state index contributed by atoms with van der Waals surface area (Å²) in [5, 5.41) is 8.90. The summed E-state index contributed by atoms with van der Waals surface area (Å²) in [4.78, 5) is 21.1. The van der Waals surface area contributed by atoms with Gasteiger partial charge in [-0.25, -0.2) is 0 Å². The summed E-state index contributed by atoms with van der Waals surface area (Å²) in [6, 6.07) is 20.7. The van der Waals surface area contributed by atoms with Crippen molar-refractivity contribution in [1.82, 2.24) is 14.8 Å². The lowest BCUT2D eigenvalue weighted by Crippen LogP contribution is -2.48. The van der Waals surface area contributed by atoms with Crippen LogP contribution in [0, 0.1) is 11.3 Å². The molecule has 0 N–H and O–H groups in total. The lowest BCUT2D eigenvalue weighted by atomic mass is 10.1. The van der Waals surface area contributed by atoms with E-state index in [2.05, 4.69) is 16.0 Å². The number of nitriles is 1. The van der Waals surface area contributed by atoms with Crippen molar-refractivity contribution in [3.8, 4) is 17.6 Å². The van der Waals surface area contributed by atoms with E-state index in [1.165, 1.54) is 5.56 Å². The first-order valence-corrected chi connectivity index (χ1v) is 9.90. The van der Waals surface area contributed by atoms with Gasteiger partial charge in [0.1, 0.15) is 11.5 Å². The van der Waals surface area contributed by atoms with Crippen LogP contribution in [0.5, 0.6) is 11.5 Å². The van der Waals surface area contributed by atoms with Crippen molar-refractivity contribution in [2.24, 2.45) is 0 Å². The van der Waals surface area contributed by atoms with Gasteiger partial charge in [0.2, 0.25) is 0 Å². The second kappa shape index (κ2) is 9.21. The fourth-order valence-electron chi connectivity index (χ4n) is 3.44. The minimum absolute atomic E-state index is 0.0425. The van der Waals surface area contributed by atoms with Gasteiger partial charge in [-0.15, -0.1) is 0 Å². The van der Waals surface area contributed by atoms with Crippen LogP contribution in [0.2, 0.25) is 0 Å². The molecule has 1 aliphatic heterocycles. The van der Waals surface area contributed by atoms with Crippen molar-refractivity contribution >= 4 is 5.91 Å². The van der Waals surface area contributed by atoms with Crippen molar-refractivity contribution < 1.29 is 9.53 Å². The number of piperazine rings is 1. The number of rotatable bonds is 5. The molecule has 1 saturated heterocycles. The van der Waals surface area contributed by atoms with E-state index in [4.69, 9.17) is 10.00 Å². The number of pyridine rings is 1. The van der Waals surface area contributed by atoms with Gasteiger partial charge in [-0.1, -0.05) is 12.1 Å². The fourth-order valence-corrected chi connectivity index (χ4v) is 3.44. The number of hydrogen-bond donors (Lipinski definition) is 0. The Bertz CT molecular complexity index is 1020. The second-order valence-corrected chi connectivity index (χ2v) is 7.19. The SMILES string of the molecule is N#Cc1ccc(CN2CCN(C(=O)c3ccc(Oc4cccnc4)cc3)CC2)cc1. The first-order valence-electron chi connectivity index (χ1n) is 9.90. The van der Waals surface area contributed by atoms with E-state index < -0.39 is 0 Å². The molecule has 30 heavy (non-hydrogen) atoms. The third-order valence-electron chi connectivity index (χ3n) is 5.12. The second-order valence-electron chi connectivity index (χ2n) is 7.19. The molecule has 6 heteroatoms. The van der Waals surface area contributed by atoms with Gasteiger partial charge in [-0.2, -0.15) is 5.26 Å². The Morgan fingerprint density at radius 3 is 2.33 bits per heavy atom. The zero-order chi connectivity index (χ0) is 20.8. The largest absolute Gasteiger partial charge is 0.456 e. The Kier molecular flexibility index (Phi) is 6.02. The molecule has 0 spiro atoms. The smallest absolute Gasteiger partial charge is 0.253 e. The molecule has 3 aromatic rings. The monoisotopic (exact) mass is 398 g/mol. The van der Waals surface area contributed by atoms with Gasteiger partial charge in [-0.3, -0.25) is 14.7 Å². The molecular weight excluding hydrogens is 376 g/mol. The molecule has 1 aromatic heterocycles. The van der Waals surface area contributed by atoms with Crippen LogP contribution in [-0.2, 0) is 6.54 Å². The van der Waals surface area contributed by atoms with Gasteiger partial charge in [0.15, 0.2) is 0 Å². The van der Waals surface area contributed by atoms with Gasteiger partial charge < -0.3 is 9.64 Å². The molecular formula is C24H22N4O2. The zero-order valence-corrected chi connectivity index (χ0v) is 16.6. The predicted molar refractivity (Wildman–Crippen MR) is 113 cm³/mol. The molecule has 4 rings (SSSR count). The lowest BCUT2D eigenvalue weighted by Gasteiger charge is -2.34. The van der Waals surface area contributed by atoms with E-state index in [1.54, 1.807) is 36.7 Å². The van der Waals surface area contributed by atoms with Crippen molar-refractivity contribution in [1.29, 1.82) is 5.26 Å². The maximum absolute atomic E-state index is 12.8. The first kappa shape index (κ1) is 19.6. The minimum atomic E-state index is 0.0425. The number of carbonyl (C=O) groups is 1. The Hall–Kier alpha value is -3.69. The fraction of sp³-hybridized carbons (Fsp3) is 0.208. The Morgan fingerprint density at radius 1 is 0.967 bits per heavy atom. The summed E-state index contributed by atoms with van der Waals surface area (Å²) >= 11 is 0. The van der Waals surface area contributed by atoms with Crippen LogP contribution < -0.4 is 4.74 Å². The molecule has 0 atom stereocenters. The van der Waals surface area contributed by atoms with E-state index in [0.717, 1.165) is 19.6 Å². The Labute approximate surface area is 176 Å². The highest BCUT2D eigenvalue weighted by Gasteiger charge is 2.22. The molecule has 0 radical (unpaired) electrons. The van der Waals surface area contributed by atoms with Gasteiger partial charge in [0.25, 0.3) is 5.91 Å². The third-order valence-corrected chi connectivity index (χ3v) is 5.12. The van der Waals surface area contributed by atoms with Crippen LogP contribution in [-0.4, -0.2) is 46.9 Å². The molecule has 2 heterocycles. The number of nitrogens with zero attached hydrogens (tertiary/aromatic N) is 4. The Morgan fingerprint density at radius 2 is 1.70 bits per heavy atom. The molecule has 1 aliphatic rings. The zero-order valence-electron chi connectivity index (χ0n) is 16.6. The van der Waals surface area contributed by atoms with Crippen LogP contribution >= 0.6 is 0 Å². The average molecular weight is 398 g/mol. The molecule has 1 amide bonds. The number of carbonyl (C=O) groups excluding carboxylic acids is 1. The van der Waals surface area contributed by atoms with E-state index in [1.807, 2.05) is 41.3 Å². The summed E-state index contributed by atoms with van der Waals surface area (Å²) in [7, 11) is 0. The maximum Gasteiger partial charge on any atom is 0.253 e. The van der Waals surface area contributed by atoms with Crippen molar-refractivity contribution in [3.05, 3.63) is 89.7 Å². The standard InChI is InChI=1S/C24H22N4O2/c25-16-19-3-5-20(6-4-19)18-27-12-14-28(15-13-27)24(29)21-7-9-22(10-8-21)30-23-2-1-11-26-17-23/h1-11,17H,12-15,18H2. The highest BCUT2D eigenvalue weighted by molar-refractivity contribution is 5.94. The molecule has 6 nitrogen and oxygen atoms in total. The Balaban J connectivity index is 1.30. The molecule has 0 bridgehead atoms. The summed E-state index contributed by atoms with van der Waals surface area (Å²) in [5.41, 5.74) is 2.51. The van der Waals surface area contributed by atoms with Crippen LogP contribution in [0.4, 0.5) is 0 Å². The molecule has 0 aliphatic carbocycles. The number of hydrogen-bond acceptors (Lipinski definition) is 5. The average Bonchev–Trinajstić information content (AvgIpc) is 2.81. The van der Waals surface area contributed by atoms with E-state index >= 15 is 0 Å². The van der Waals surface area contributed by atoms with E-state index in [0.29, 0.717) is 35.7 Å². The molecule has 1 fully saturated rings. The molecule has 150 valence electrons.